The normalized spacial score (nSPS) is 17.1. The van der Waals surface area contributed by atoms with Gasteiger partial charge in [-0.25, -0.2) is 4.98 Å². The van der Waals surface area contributed by atoms with Crippen LogP contribution < -0.4 is 10.9 Å². The van der Waals surface area contributed by atoms with Gasteiger partial charge in [0.15, 0.2) is 11.5 Å². The second-order valence-corrected chi connectivity index (χ2v) is 13.4. The van der Waals surface area contributed by atoms with Gasteiger partial charge >= 0.3 is 6.18 Å². The van der Waals surface area contributed by atoms with Crippen molar-refractivity contribution in [1.82, 2.24) is 38.8 Å². The number of pyridine rings is 1. The van der Waals surface area contributed by atoms with Crippen molar-refractivity contribution in [3.63, 3.8) is 0 Å². The summed E-state index contributed by atoms with van der Waals surface area (Å²) in [7, 11) is 0. The molecule has 18 heteroatoms. The fourth-order valence-corrected chi connectivity index (χ4v) is 7.40. The number of halogens is 4. The largest absolute Gasteiger partial charge is 0.505 e. The van der Waals surface area contributed by atoms with Gasteiger partial charge in [0.2, 0.25) is 11.7 Å². The fraction of sp³-hybridized carbons (Fsp3) is 0.364. The van der Waals surface area contributed by atoms with Crippen molar-refractivity contribution in [2.45, 2.75) is 49.9 Å². The zero-order valence-electron chi connectivity index (χ0n) is 26.7. The number of piperidine rings is 1. The molecule has 0 unspecified atom stereocenters. The minimum atomic E-state index is -4.61. The van der Waals surface area contributed by atoms with Crippen LogP contribution in [0, 0.1) is 0 Å². The molecular formula is C33H29ClF3N9O5. The number of hydrogen-bond acceptors (Lipinski definition) is 9. The smallest absolute Gasteiger partial charge is 0.416 e. The van der Waals surface area contributed by atoms with Crippen LogP contribution in [0.5, 0.6) is 5.75 Å². The number of nitrogens with zero attached hydrogens (tertiary/aromatic N) is 8. The van der Waals surface area contributed by atoms with Crippen LogP contribution in [0.4, 0.5) is 18.9 Å². The summed E-state index contributed by atoms with van der Waals surface area (Å²) >= 11 is 6.13. The van der Waals surface area contributed by atoms with E-state index < -0.39 is 29.0 Å². The molecule has 1 aromatic carbocycles. The van der Waals surface area contributed by atoms with Crippen LogP contribution in [-0.4, -0.2) is 82.1 Å². The Bertz CT molecular complexity index is 2270. The molecule has 2 fully saturated rings. The monoisotopic (exact) mass is 723 g/mol. The van der Waals surface area contributed by atoms with E-state index in [0.717, 1.165) is 18.2 Å². The quantitative estimate of drug-likeness (QED) is 0.265. The summed E-state index contributed by atoms with van der Waals surface area (Å²) in [5.74, 6) is -0.918. The predicted octanol–water partition coefficient (Wildman–Crippen LogP) is 3.86. The van der Waals surface area contributed by atoms with E-state index in [2.05, 4.69) is 25.5 Å². The first-order valence-electron chi connectivity index (χ1n) is 16.2. The lowest BCUT2D eigenvalue weighted by atomic mass is 9.74. The van der Waals surface area contributed by atoms with Gasteiger partial charge in [-0.1, -0.05) is 11.6 Å². The number of alkyl halides is 3. The van der Waals surface area contributed by atoms with Crippen molar-refractivity contribution in [3.8, 4) is 17.1 Å². The highest BCUT2D eigenvalue weighted by Gasteiger charge is 2.46. The number of aromatic hydroxyl groups is 1. The first-order chi connectivity index (χ1) is 24.4. The highest BCUT2D eigenvalue weighted by molar-refractivity contribution is 6.33. The zero-order chi connectivity index (χ0) is 35.7. The van der Waals surface area contributed by atoms with E-state index in [-0.39, 0.29) is 51.9 Å². The highest BCUT2D eigenvalue weighted by atomic mass is 35.5. The molecule has 14 nitrogen and oxygen atoms in total. The van der Waals surface area contributed by atoms with E-state index in [1.54, 1.807) is 26.5 Å². The van der Waals surface area contributed by atoms with E-state index in [1.165, 1.54) is 22.8 Å². The number of amides is 2. The second-order valence-electron chi connectivity index (χ2n) is 12.9. The summed E-state index contributed by atoms with van der Waals surface area (Å²) in [4.78, 5) is 51.4. The minimum absolute atomic E-state index is 0.00891. The van der Waals surface area contributed by atoms with Gasteiger partial charge in [0.25, 0.3) is 11.5 Å². The molecule has 5 aromatic rings. The number of nitrogens with one attached hydrogen (secondary N) is 1. The van der Waals surface area contributed by atoms with Gasteiger partial charge in [0.05, 0.1) is 47.3 Å². The van der Waals surface area contributed by atoms with Gasteiger partial charge in [-0.3, -0.25) is 19.1 Å². The van der Waals surface area contributed by atoms with Gasteiger partial charge in [-0.15, -0.1) is 5.10 Å². The Morgan fingerprint density at radius 2 is 1.92 bits per heavy atom. The van der Waals surface area contributed by atoms with Gasteiger partial charge in [0, 0.05) is 42.2 Å². The summed E-state index contributed by atoms with van der Waals surface area (Å²) in [6.45, 7) is 1.28. The number of likely N-dealkylation sites (tertiary alicyclic amines) is 1. The lowest BCUT2D eigenvalue weighted by molar-refractivity contribution is -0.137. The van der Waals surface area contributed by atoms with Crippen molar-refractivity contribution < 1.29 is 32.6 Å². The molecule has 264 valence electrons. The summed E-state index contributed by atoms with van der Waals surface area (Å²) in [5, 5.41) is 21.5. The molecule has 1 aliphatic carbocycles. The molecule has 2 saturated heterocycles. The molecule has 0 bridgehead atoms. The number of ether oxygens (including phenoxy) is 1. The Hall–Kier alpha value is -5.29. The maximum absolute atomic E-state index is 14.4. The van der Waals surface area contributed by atoms with Crippen LogP contribution in [0.1, 0.15) is 52.6 Å². The van der Waals surface area contributed by atoms with Crippen LogP contribution in [0.2, 0.25) is 5.02 Å². The van der Waals surface area contributed by atoms with Gasteiger partial charge in [-0.05, 0) is 56.0 Å². The van der Waals surface area contributed by atoms with Crippen molar-refractivity contribution in [1.29, 1.82) is 0 Å². The van der Waals surface area contributed by atoms with Crippen LogP contribution in [-0.2, 0) is 34.1 Å². The van der Waals surface area contributed by atoms with Crippen molar-refractivity contribution in [2.75, 3.05) is 31.6 Å². The third-order valence-corrected chi connectivity index (χ3v) is 10.3. The molecule has 0 atom stereocenters. The number of anilines is 1. The summed E-state index contributed by atoms with van der Waals surface area (Å²) in [6.07, 6.45) is 2.03. The number of carbonyl (C=O) groups is 2. The molecule has 0 saturated carbocycles. The van der Waals surface area contributed by atoms with E-state index in [0.29, 0.717) is 68.8 Å². The molecule has 8 rings (SSSR count). The Kier molecular flexibility index (Phi) is 7.86. The van der Waals surface area contributed by atoms with Crippen LogP contribution in [0.15, 0.2) is 53.7 Å². The lowest BCUT2D eigenvalue weighted by Gasteiger charge is -2.39. The topological polar surface area (TPSA) is 162 Å². The third-order valence-electron chi connectivity index (χ3n) is 9.95. The van der Waals surface area contributed by atoms with Crippen molar-refractivity contribution in [3.05, 3.63) is 86.8 Å². The van der Waals surface area contributed by atoms with E-state index in [4.69, 9.17) is 16.3 Å². The molecule has 0 radical (unpaired) electrons. The molecule has 1 spiro atoms. The summed E-state index contributed by atoms with van der Waals surface area (Å²) < 4.78 is 49.4. The second kappa shape index (κ2) is 12.2. The molecular weight excluding hydrogens is 695 g/mol. The third kappa shape index (κ3) is 5.69. The first-order valence-corrected chi connectivity index (χ1v) is 16.5. The Balaban J connectivity index is 1.15. The SMILES string of the molecule is O=C(Cn1c2c(c(=O)n3nc(-c4cnn(C5COC5)c4)nc13)C1(CC2)CCN(C(=O)c2ncccc2O)CC1)Nc1ccc(C(F)(F)F)cc1Cl. The lowest BCUT2D eigenvalue weighted by Crippen LogP contribution is -2.46. The standard InChI is InChI=1S/C33H29ClF3N9O5/c34-21-12-19(33(35,36)37)3-4-22(21)40-25(48)15-44-23-5-6-32(7-10-43(11-8-32)30(50)27-24(47)2-1-9-38-27)26(23)29(49)46-31(44)41-28(42-46)18-13-39-45(14-18)20-16-51-17-20/h1-4,9,12-14,20,47H,5-8,10-11,15-17H2,(H,40,48). The van der Waals surface area contributed by atoms with Crippen molar-refractivity contribution in [2.24, 2.45) is 0 Å². The predicted molar refractivity (Wildman–Crippen MR) is 174 cm³/mol. The molecule has 6 heterocycles. The minimum Gasteiger partial charge on any atom is -0.505 e. The molecule has 2 aliphatic heterocycles. The Morgan fingerprint density at radius 3 is 2.61 bits per heavy atom. The fourth-order valence-electron chi connectivity index (χ4n) is 7.17. The number of benzene rings is 1. The number of fused-ring (bicyclic) bond motifs is 3. The first kappa shape index (κ1) is 32.9. The van der Waals surface area contributed by atoms with Crippen LogP contribution >= 0.6 is 11.6 Å². The van der Waals surface area contributed by atoms with Crippen LogP contribution in [0.3, 0.4) is 0 Å². The van der Waals surface area contributed by atoms with Gasteiger partial charge in [-0.2, -0.15) is 27.8 Å². The highest BCUT2D eigenvalue weighted by Crippen LogP contribution is 2.45. The Morgan fingerprint density at radius 1 is 1.14 bits per heavy atom. The zero-order valence-corrected chi connectivity index (χ0v) is 27.5. The molecule has 4 aromatic heterocycles. The Labute approximate surface area is 291 Å². The average molecular weight is 724 g/mol. The number of aromatic nitrogens is 7. The van der Waals surface area contributed by atoms with E-state index in [9.17, 15) is 32.7 Å². The maximum Gasteiger partial charge on any atom is 0.416 e. The maximum atomic E-state index is 14.4. The number of rotatable bonds is 6. The van der Waals surface area contributed by atoms with Gasteiger partial charge < -0.3 is 24.6 Å². The summed E-state index contributed by atoms with van der Waals surface area (Å²) in [6, 6.07) is 5.65. The average Bonchev–Trinajstić information content (AvgIpc) is 3.82. The number of hydrogen-bond donors (Lipinski definition) is 2. The number of carbonyl (C=O) groups excluding carboxylic acids is 2. The summed E-state index contributed by atoms with van der Waals surface area (Å²) in [5.41, 5.74) is -0.426. The van der Waals surface area contributed by atoms with Crippen molar-refractivity contribution >= 4 is 34.9 Å². The molecule has 3 aliphatic rings. The van der Waals surface area contributed by atoms with Gasteiger partial charge in [0.1, 0.15) is 12.3 Å². The van der Waals surface area contributed by atoms with E-state index >= 15 is 0 Å². The van der Waals surface area contributed by atoms with Crippen LogP contribution in [0.25, 0.3) is 17.2 Å². The molecule has 2 N–H and O–H groups in total. The molecule has 51 heavy (non-hydrogen) atoms. The molecule has 2 amide bonds. The van der Waals surface area contributed by atoms with E-state index in [1.807, 2.05) is 0 Å².